The maximum Gasteiger partial charge on any atom is 0.231 e. The van der Waals surface area contributed by atoms with E-state index in [1.807, 2.05) is 42.6 Å². The van der Waals surface area contributed by atoms with Crippen LogP contribution < -0.4 is 5.32 Å². The van der Waals surface area contributed by atoms with Gasteiger partial charge < -0.3 is 5.32 Å². The van der Waals surface area contributed by atoms with Crippen LogP contribution in [0.2, 0.25) is 10.0 Å². The van der Waals surface area contributed by atoms with E-state index in [4.69, 9.17) is 23.2 Å². The third-order valence-electron chi connectivity index (χ3n) is 3.37. The Balaban J connectivity index is 1.70. The van der Waals surface area contributed by atoms with Gasteiger partial charge in [0.1, 0.15) is 5.01 Å². The van der Waals surface area contributed by atoms with Gasteiger partial charge in [0.15, 0.2) is 0 Å². The first-order valence-corrected chi connectivity index (χ1v) is 8.91. The molecule has 0 unspecified atom stereocenters. The Bertz CT molecular complexity index is 892. The van der Waals surface area contributed by atoms with Crippen molar-refractivity contribution in [2.45, 2.75) is 13.3 Å². The standard InChI is InChI=1S/C18H14Cl2N2OS/c1-11-3-2-4-13(7-11)21-17(23)9-18-22-16(10-24-18)14-6-5-12(19)8-15(14)20/h2-8,10H,9H2,1H3,(H,21,23). The minimum atomic E-state index is -0.0938. The summed E-state index contributed by atoms with van der Waals surface area (Å²) in [4.78, 5) is 16.7. The number of carbonyl (C=O) groups is 1. The fraction of sp³-hybridized carbons (Fsp3) is 0.111. The van der Waals surface area contributed by atoms with Gasteiger partial charge in [0.25, 0.3) is 0 Å². The number of thiazole rings is 1. The molecule has 0 saturated heterocycles. The molecule has 1 aromatic heterocycles. The van der Waals surface area contributed by atoms with Crippen molar-refractivity contribution in [3.05, 3.63) is 68.5 Å². The van der Waals surface area contributed by atoms with Crippen LogP contribution >= 0.6 is 34.5 Å². The summed E-state index contributed by atoms with van der Waals surface area (Å²) in [5.41, 5.74) is 3.45. The van der Waals surface area contributed by atoms with Crippen LogP contribution in [0.25, 0.3) is 11.3 Å². The third kappa shape index (κ3) is 4.15. The number of halogens is 2. The van der Waals surface area contributed by atoms with Gasteiger partial charge in [0.2, 0.25) is 5.91 Å². The Hall–Kier alpha value is -1.88. The first-order chi connectivity index (χ1) is 11.5. The Morgan fingerprint density at radius 3 is 2.79 bits per heavy atom. The molecule has 24 heavy (non-hydrogen) atoms. The lowest BCUT2D eigenvalue weighted by Gasteiger charge is -2.04. The molecule has 6 heteroatoms. The van der Waals surface area contributed by atoms with Gasteiger partial charge in [0, 0.05) is 21.7 Å². The first-order valence-electron chi connectivity index (χ1n) is 7.27. The van der Waals surface area contributed by atoms with Crippen molar-refractivity contribution in [3.8, 4) is 11.3 Å². The number of rotatable bonds is 4. The molecule has 0 spiro atoms. The van der Waals surface area contributed by atoms with Crippen LogP contribution in [0.5, 0.6) is 0 Å². The molecule has 3 aromatic rings. The molecule has 3 nitrogen and oxygen atoms in total. The molecular weight excluding hydrogens is 363 g/mol. The highest BCUT2D eigenvalue weighted by molar-refractivity contribution is 7.10. The Morgan fingerprint density at radius 2 is 2.04 bits per heavy atom. The van der Waals surface area contributed by atoms with E-state index in [1.54, 1.807) is 12.1 Å². The minimum Gasteiger partial charge on any atom is -0.326 e. The molecule has 0 aliphatic heterocycles. The molecule has 0 atom stereocenters. The molecule has 122 valence electrons. The predicted molar refractivity (Wildman–Crippen MR) is 101 cm³/mol. The van der Waals surface area contributed by atoms with Gasteiger partial charge in [0.05, 0.1) is 17.1 Å². The van der Waals surface area contributed by atoms with Crippen molar-refractivity contribution < 1.29 is 4.79 Å². The van der Waals surface area contributed by atoms with E-state index in [2.05, 4.69) is 10.3 Å². The highest BCUT2D eigenvalue weighted by Gasteiger charge is 2.12. The summed E-state index contributed by atoms with van der Waals surface area (Å²) in [7, 11) is 0. The monoisotopic (exact) mass is 376 g/mol. The van der Waals surface area contributed by atoms with Crippen LogP contribution in [0.4, 0.5) is 5.69 Å². The maximum absolute atomic E-state index is 12.2. The highest BCUT2D eigenvalue weighted by Crippen LogP contribution is 2.31. The molecule has 0 aliphatic rings. The average molecular weight is 377 g/mol. The summed E-state index contributed by atoms with van der Waals surface area (Å²) in [6.45, 7) is 1.98. The summed E-state index contributed by atoms with van der Waals surface area (Å²) < 4.78 is 0. The van der Waals surface area contributed by atoms with E-state index in [0.717, 1.165) is 27.5 Å². The minimum absolute atomic E-state index is 0.0938. The largest absolute Gasteiger partial charge is 0.326 e. The topological polar surface area (TPSA) is 42.0 Å². The Kier molecular flexibility index (Phi) is 5.19. The van der Waals surface area contributed by atoms with Gasteiger partial charge in [-0.15, -0.1) is 11.3 Å². The summed E-state index contributed by atoms with van der Waals surface area (Å²) in [5.74, 6) is -0.0938. The number of anilines is 1. The molecular formula is C18H14Cl2N2OS. The van der Waals surface area contributed by atoms with Crippen molar-refractivity contribution in [2.75, 3.05) is 5.32 Å². The summed E-state index contributed by atoms with van der Waals surface area (Å²) in [6, 6.07) is 13.0. The van der Waals surface area contributed by atoms with Crippen molar-refractivity contribution in [2.24, 2.45) is 0 Å². The Morgan fingerprint density at radius 1 is 1.21 bits per heavy atom. The van der Waals surface area contributed by atoms with E-state index >= 15 is 0 Å². The Labute approximate surface area is 154 Å². The molecule has 0 fully saturated rings. The molecule has 1 amide bonds. The van der Waals surface area contributed by atoms with E-state index in [1.165, 1.54) is 11.3 Å². The second-order valence-electron chi connectivity index (χ2n) is 5.35. The fourth-order valence-corrected chi connectivity index (χ4v) is 3.58. The first kappa shape index (κ1) is 17.0. The number of amides is 1. The predicted octanol–water partition coefficient (Wildman–Crippen LogP) is 5.61. The summed E-state index contributed by atoms with van der Waals surface area (Å²) in [6.07, 6.45) is 0.226. The number of hydrogen-bond acceptors (Lipinski definition) is 3. The molecule has 0 saturated carbocycles. The van der Waals surface area contributed by atoms with Crippen LogP contribution in [0.15, 0.2) is 47.8 Å². The lowest BCUT2D eigenvalue weighted by Crippen LogP contribution is -2.14. The molecule has 2 aromatic carbocycles. The quantitative estimate of drug-likeness (QED) is 0.642. The zero-order valence-corrected chi connectivity index (χ0v) is 15.2. The third-order valence-corrected chi connectivity index (χ3v) is 4.77. The lowest BCUT2D eigenvalue weighted by atomic mass is 10.2. The van der Waals surface area contributed by atoms with E-state index in [-0.39, 0.29) is 12.3 Å². The zero-order chi connectivity index (χ0) is 17.1. The van der Waals surface area contributed by atoms with Crippen LogP contribution in [0.1, 0.15) is 10.6 Å². The maximum atomic E-state index is 12.2. The zero-order valence-electron chi connectivity index (χ0n) is 12.8. The highest BCUT2D eigenvalue weighted by atomic mass is 35.5. The molecule has 0 radical (unpaired) electrons. The normalized spacial score (nSPS) is 10.6. The lowest BCUT2D eigenvalue weighted by molar-refractivity contribution is -0.115. The van der Waals surface area contributed by atoms with E-state index < -0.39 is 0 Å². The SMILES string of the molecule is Cc1cccc(NC(=O)Cc2nc(-c3ccc(Cl)cc3Cl)cs2)c1. The van der Waals surface area contributed by atoms with Gasteiger partial charge >= 0.3 is 0 Å². The number of nitrogens with zero attached hydrogens (tertiary/aromatic N) is 1. The number of hydrogen-bond donors (Lipinski definition) is 1. The van der Waals surface area contributed by atoms with Gasteiger partial charge in [-0.1, -0.05) is 35.3 Å². The van der Waals surface area contributed by atoms with Crippen molar-refractivity contribution in [1.82, 2.24) is 4.98 Å². The van der Waals surface area contributed by atoms with E-state index in [0.29, 0.717) is 10.0 Å². The summed E-state index contributed by atoms with van der Waals surface area (Å²) >= 11 is 13.5. The molecule has 1 heterocycles. The van der Waals surface area contributed by atoms with Gasteiger partial charge in [-0.3, -0.25) is 4.79 Å². The van der Waals surface area contributed by atoms with Crippen LogP contribution in [-0.4, -0.2) is 10.9 Å². The molecule has 0 bridgehead atoms. The van der Waals surface area contributed by atoms with Crippen molar-refractivity contribution in [1.29, 1.82) is 0 Å². The van der Waals surface area contributed by atoms with Crippen LogP contribution in [-0.2, 0) is 11.2 Å². The number of carbonyl (C=O) groups excluding carboxylic acids is 1. The van der Waals surface area contributed by atoms with Crippen molar-refractivity contribution >= 4 is 46.1 Å². The van der Waals surface area contributed by atoms with Crippen molar-refractivity contribution in [3.63, 3.8) is 0 Å². The van der Waals surface area contributed by atoms with Gasteiger partial charge in [-0.25, -0.2) is 4.98 Å². The second-order valence-corrected chi connectivity index (χ2v) is 7.13. The van der Waals surface area contributed by atoms with Gasteiger partial charge in [-0.2, -0.15) is 0 Å². The number of benzene rings is 2. The fourth-order valence-electron chi connectivity index (χ4n) is 2.28. The number of aromatic nitrogens is 1. The van der Waals surface area contributed by atoms with E-state index in [9.17, 15) is 4.79 Å². The molecule has 0 aliphatic carbocycles. The van der Waals surface area contributed by atoms with Gasteiger partial charge in [-0.05, 0) is 42.8 Å². The average Bonchev–Trinajstić information content (AvgIpc) is 2.95. The second kappa shape index (κ2) is 7.34. The summed E-state index contributed by atoms with van der Waals surface area (Å²) in [5, 5.41) is 6.64. The molecule has 3 rings (SSSR count). The molecule has 1 N–H and O–H groups in total. The van der Waals surface area contributed by atoms with Crippen LogP contribution in [0.3, 0.4) is 0 Å². The van der Waals surface area contributed by atoms with Crippen LogP contribution in [0, 0.1) is 6.92 Å². The smallest absolute Gasteiger partial charge is 0.231 e. The number of aryl methyl sites for hydroxylation is 1. The number of nitrogens with one attached hydrogen (secondary N) is 1.